The number of hydrogen-bond acceptors (Lipinski definition) is 2. The third-order valence-electron chi connectivity index (χ3n) is 4.71. The number of rotatable bonds is 3. The van der Waals surface area contributed by atoms with Gasteiger partial charge < -0.3 is 4.90 Å². The van der Waals surface area contributed by atoms with Gasteiger partial charge in [-0.1, -0.05) is 45.0 Å². The van der Waals surface area contributed by atoms with Gasteiger partial charge in [-0.2, -0.15) is 0 Å². The predicted octanol–water partition coefficient (Wildman–Crippen LogP) is 5.73. The number of aliphatic imine (C=N–C) groups is 1. The van der Waals surface area contributed by atoms with Crippen LogP contribution in [0.2, 0.25) is 0 Å². The predicted molar refractivity (Wildman–Crippen MR) is 105 cm³/mol. The lowest BCUT2D eigenvalue weighted by molar-refractivity contribution is 0.578. The topological polar surface area (TPSA) is 15.6 Å². The highest BCUT2D eigenvalue weighted by Crippen LogP contribution is 2.24. The van der Waals surface area contributed by atoms with Crippen molar-refractivity contribution in [3.63, 3.8) is 0 Å². The molecule has 3 rings (SSSR count). The van der Waals surface area contributed by atoms with Crippen molar-refractivity contribution in [2.45, 2.75) is 45.4 Å². The Morgan fingerprint density at radius 3 is 2.04 bits per heavy atom. The molecule has 0 unspecified atom stereocenters. The average molecular weight is 320 g/mol. The molecule has 1 heterocycles. The fraction of sp³-hybridized carbons (Fsp3) is 0.409. The standard InChI is InChI=1S/C22H28N2/c1-22(2,3)19-9-11-20(12-10-19)23-17-18-7-13-21(14-8-18)24-15-5-4-6-16-24/h7-14,17H,4-6,15-16H2,1-3H3. The maximum Gasteiger partial charge on any atom is 0.0630 e. The zero-order valence-electron chi connectivity index (χ0n) is 15.1. The Kier molecular flexibility index (Phi) is 5.03. The Bertz CT molecular complexity index is 669. The van der Waals surface area contributed by atoms with Crippen molar-refractivity contribution >= 4 is 17.6 Å². The molecule has 0 aromatic heterocycles. The summed E-state index contributed by atoms with van der Waals surface area (Å²) in [4.78, 5) is 7.09. The van der Waals surface area contributed by atoms with E-state index in [0.717, 1.165) is 11.3 Å². The Hall–Kier alpha value is -2.09. The van der Waals surface area contributed by atoms with E-state index in [9.17, 15) is 0 Å². The van der Waals surface area contributed by atoms with Crippen LogP contribution in [0, 0.1) is 0 Å². The van der Waals surface area contributed by atoms with Crippen molar-refractivity contribution in [3.05, 3.63) is 59.7 Å². The third-order valence-corrected chi connectivity index (χ3v) is 4.71. The summed E-state index contributed by atoms with van der Waals surface area (Å²) in [5.41, 5.74) is 5.01. The largest absolute Gasteiger partial charge is 0.372 e. The molecule has 0 amide bonds. The van der Waals surface area contributed by atoms with E-state index >= 15 is 0 Å². The normalized spacial score (nSPS) is 15.9. The molecule has 2 aromatic carbocycles. The molecule has 2 heteroatoms. The summed E-state index contributed by atoms with van der Waals surface area (Å²) in [7, 11) is 0. The van der Waals surface area contributed by atoms with Crippen LogP contribution >= 0.6 is 0 Å². The molecule has 0 spiro atoms. The summed E-state index contributed by atoms with van der Waals surface area (Å²) in [5, 5.41) is 0. The van der Waals surface area contributed by atoms with Crippen molar-refractivity contribution < 1.29 is 0 Å². The van der Waals surface area contributed by atoms with E-state index in [0.29, 0.717) is 0 Å². The number of benzene rings is 2. The van der Waals surface area contributed by atoms with Gasteiger partial charge in [-0.05, 0) is 60.1 Å². The molecule has 0 N–H and O–H groups in total. The van der Waals surface area contributed by atoms with Crippen molar-refractivity contribution in [2.24, 2.45) is 4.99 Å². The summed E-state index contributed by atoms with van der Waals surface area (Å²) < 4.78 is 0. The van der Waals surface area contributed by atoms with Crippen LogP contribution in [-0.2, 0) is 5.41 Å². The zero-order chi connectivity index (χ0) is 17.0. The molecule has 1 saturated heterocycles. The zero-order valence-corrected chi connectivity index (χ0v) is 15.1. The maximum absolute atomic E-state index is 4.60. The number of piperidine rings is 1. The van der Waals surface area contributed by atoms with Gasteiger partial charge in [0.15, 0.2) is 0 Å². The van der Waals surface area contributed by atoms with Gasteiger partial charge in [0.2, 0.25) is 0 Å². The molecular formula is C22H28N2. The Labute approximate surface area is 146 Å². The second-order valence-corrected chi connectivity index (χ2v) is 7.69. The molecule has 1 aliphatic heterocycles. The van der Waals surface area contributed by atoms with Crippen LogP contribution in [0.25, 0.3) is 0 Å². The molecule has 2 aromatic rings. The lowest BCUT2D eigenvalue weighted by Crippen LogP contribution is -2.29. The van der Waals surface area contributed by atoms with Gasteiger partial charge in [0.25, 0.3) is 0 Å². The molecule has 0 radical (unpaired) electrons. The summed E-state index contributed by atoms with van der Waals surface area (Å²) in [6.07, 6.45) is 5.95. The molecule has 2 nitrogen and oxygen atoms in total. The smallest absolute Gasteiger partial charge is 0.0630 e. The number of nitrogens with zero attached hydrogens (tertiary/aromatic N) is 2. The van der Waals surface area contributed by atoms with E-state index in [4.69, 9.17) is 0 Å². The van der Waals surface area contributed by atoms with Gasteiger partial charge in [-0.25, -0.2) is 0 Å². The van der Waals surface area contributed by atoms with Gasteiger partial charge in [-0.3, -0.25) is 4.99 Å². The van der Waals surface area contributed by atoms with Crippen LogP contribution in [-0.4, -0.2) is 19.3 Å². The number of anilines is 1. The van der Waals surface area contributed by atoms with Crippen LogP contribution in [0.1, 0.15) is 51.2 Å². The highest BCUT2D eigenvalue weighted by molar-refractivity contribution is 5.82. The number of hydrogen-bond donors (Lipinski definition) is 0. The summed E-state index contributed by atoms with van der Waals surface area (Å²) >= 11 is 0. The molecule has 0 aliphatic carbocycles. The van der Waals surface area contributed by atoms with Crippen molar-refractivity contribution in [1.82, 2.24) is 0 Å². The molecule has 0 atom stereocenters. The minimum absolute atomic E-state index is 0.187. The first-order valence-corrected chi connectivity index (χ1v) is 9.02. The Balaban J connectivity index is 1.66. The Morgan fingerprint density at radius 2 is 1.46 bits per heavy atom. The molecule has 0 bridgehead atoms. The van der Waals surface area contributed by atoms with E-state index in [1.807, 2.05) is 6.21 Å². The van der Waals surface area contributed by atoms with Crippen molar-refractivity contribution in [3.8, 4) is 0 Å². The second-order valence-electron chi connectivity index (χ2n) is 7.69. The summed E-state index contributed by atoms with van der Waals surface area (Å²) in [6, 6.07) is 17.3. The lowest BCUT2D eigenvalue weighted by atomic mass is 9.87. The van der Waals surface area contributed by atoms with Gasteiger partial charge in [0.05, 0.1) is 5.69 Å². The van der Waals surface area contributed by atoms with E-state index in [2.05, 4.69) is 79.2 Å². The maximum atomic E-state index is 4.60. The molecule has 0 saturated carbocycles. The first kappa shape index (κ1) is 16.8. The lowest BCUT2D eigenvalue weighted by Gasteiger charge is -2.28. The molecular weight excluding hydrogens is 292 g/mol. The van der Waals surface area contributed by atoms with E-state index in [-0.39, 0.29) is 5.41 Å². The minimum Gasteiger partial charge on any atom is -0.372 e. The van der Waals surface area contributed by atoms with Gasteiger partial charge >= 0.3 is 0 Å². The third kappa shape index (κ3) is 4.25. The quantitative estimate of drug-likeness (QED) is 0.660. The van der Waals surface area contributed by atoms with E-state index in [1.165, 1.54) is 43.6 Å². The molecule has 1 aliphatic rings. The first-order valence-electron chi connectivity index (χ1n) is 9.02. The second kappa shape index (κ2) is 7.21. The van der Waals surface area contributed by atoms with Gasteiger partial charge in [-0.15, -0.1) is 0 Å². The van der Waals surface area contributed by atoms with Crippen molar-refractivity contribution in [2.75, 3.05) is 18.0 Å². The summed E-state index contributed by atoms with van der Waals surface area (Å²) in [5.74, 6) is 0. The Morgan fingerprint density at radius 1 is 0.833 bits per heavy atom. The van der Waals surface area contributed by atoms with Crippen LogP contribution in [0.5, 0.6) is 0 Å². The van der Waals surface area contributed by atoms with Gasteiger partial charge in [0.1, 0.15) is 0 Å². The van der Waals surface area contributed by atoms with Crippen LogP contribution in [0.15, 0.2) is 53.5 Å². The molecule has 126 valence electrons. The molecule has 24 heavy (non-hydrogen) atoms. The fourth-order valence-corrected chi connectivity index (χ4v) is 3.12. The van der Waals surface area contributed by atoms with Crippen molar-refractivity contribution in [1.29, 1.82) is 0 Å². The van der Waals surface area contributed by atoms with Crippen LogP contribution in [0.4, 0.5) is 11.4 Å². The fourth-order valence-electron chi connectivity index (χ4n) is 3.12. The van der Waals surface area contributed by atoms with Gasteiger partial charge in [0, 0.05) is 25.0 Å². The minimum atomic E-state index is 0.187. The SMILES string of the molecule is CC(C)(C)c1ccc(N=Cc2ccc(N3CCCCC3)cc2)cc1. The van der Waals surface area contributed by atoms with Crippen LogP contribution in [0.3, 0.4) is 0 Å². The monoisotopic (exact) mass is 320 g/mol. The average Bonchev–Trinajstić information content (AvgIpc) is 2.61. The summed E-state index contributed by atoms with van der Waals surface area (Å²) in [6.45, 7) is 9.07. The highest BCUT2D eigenvalue weighted by atomic mass is 15.1. The van der Waals surface area contributed by atoms with E-state index in [1.54, 1.807) is 0 Å². The van der Waals surface area contributed by atoms with Crippen LogP contribution < -0.4 is 4.90 Å². The first-order chi connectivity index (χ1) is 11.5. The highest BCUT2D eigenvalue weighted by Gasteiger charge is 2.12. The molecule has 1 fully saturated rings. The van der Waals surface area contributed by atoms with E-state index < -0.39 is 0 Å².